The van der Waals surface area contributed by atoms with Gasteiger partial charge in [0.05, 0.1) is 18.6 Å². The maximum atomic E-state index is 12.5. The molecule has 1 heterocycles. The number of carbonyl (C=O) groups is 1. The summed E-state index contributed by atoms with van der Waals surface area (Å²) in [6, 6.07) is 5.25. The SMILES string of the molecule is CCC=CCCOc1c(OC(C)=O)c(=O)oc2c(OCCC=CCC)cccc12. The summed E-state index contributed by atoms with van der Waals surface area (Å²) in [6.45, 7) is 6.11. The number of hydrogen-bond acceptors (Lipinski definition) is 6. The van der Waals surface area contributed by atoms with Crippen molar-refractivity contribution >= 4 is 16.9 Å². The molecule has 0 atom stereocenters. The molecule has 6 heteroatoms. The molecule has 0 bridgehead atoms. The zero-order chi connectivity index (χ0) is 21.1. The van der Waals surface area contributed by atoms with E-state index in [9.17, 15) is 9.59 Å². The molecule has 2 rings (SSSR count). The van der Waals surface area contributed by atoms with Crippen LogP contribution in [0.5, 0.6) is 17.2 Å². The van der Waals surface area contributed by atoms with Gasteiger partial charge < -0.3 is 18.6 Å². The summed E-state index contributed by atoms with van der Waals surface area (Å²) < 4.78 is 22.1. The Kier molecular flexibility index (Phi) is 9.02. The van der Waals surface area contributed by atoms with Crippen molar-refractivity contribution in [2.24, 2.45) is 0 Å². The van der Waals surface area contributed by atoms with E-state index in [1.54, 1.807) is 18.2 Å². The van der Waals surface area contributed by atoms with Crippen molar-refractivity contribution < 1.29 is 23.4 Å². The summed E-state index contributed by atoms with van der Waals surface area (Å²) in [5, 5.41) is 0.516. The zero-order valence-electron chi connectivity index (χ0n) is 17.2. The minimum absolute atomic E-state index is 0.188. The van der Waals surface area contributed by atoms with Crippen molar-refractivity contribution in [1.82, 2.24) is 0 Å². The fourth-order valence-electron chi connectivity index (χ4n) is 2.68. The van der Waals surface area contributed by atoms with E-state index in [4.69, 9.17) is 18.6 Å². The number of para-hydroxylation sites is 1. The van der Waals surface area contributed by atoms with Crippen molar-refractivity contribution in [3.63, 3.8) is 0 Å². The number of esters is 1. The predicted molar refractivity (Wildman–Crippen MR) is 113 cm³/mol. The molecule has 29 heavy (non-hydrogen) atoms. The lowest BCUT2D eigenvalue weighted by Crippen LogP contribution is -2.14. The molecule has 1 aromatic heterocycles. The van der Waals surface area contributed by atoms with Gasteiger partial charge in [-0.05, 0) is 37.8 Å². The van der Waals surface area contributed by atoms with Crippen LogP contribution in [-0.2, 0) is 4.79 Å². The van der Waals surface area contributed by atoms with E-state index in [2.05, 4.69) is 13.0 Å². The molecule has 0 saturated heterocycles. The minimum atomic E-state index is -0.784. The molecule has 0 radical (unpaired) electrons. The average molecular weight is 400 g/mol. The molecule has 0 aliphatic rings. The van der Waals surface area contributed by atoms with E-state index >= 15 is 0 Å². The van der Waals surface area contributed by atoms with Crippen LogP contribution in [0.1, 0.15) is 46.5 Å². The van der Waals surface area contributed by atoms with E-state index in [0.717, 1.165) is 19.3 Å². The first kappa shape index (κ1) is 22.3. The quantitative estimate of drug-likeness (QED) is 0.224. The third-order valence-electron chi connectivity index (χ3n) is 3.93. The number of fused-ring (bicyclic) bond motifs is 1. The molecule has 2 aromatic rings. The predicted octanol–water partition coefficient (Wildman–Crippen LogP) is 5.19. The third-order valence-corrected chi connectivity index (χ3v) is 3.93. The van der Waals surface area contributed by atoms with Crippen molar-refractivity contribution in [2.75, 3.05) is 13.2 Å². The molecule has 0 amide bonds. The number of rotatable bonds is 11. The number of allylic oxidation sites excluding steroid dienone is 2. The first-order chi connectivity index (χ1) is 14.1. The average Bonchev–Trinajstić information content (AvgIpc) is 2.69. The van der Waals surface area contributed by atoms with Crippen LogP contribution in [0.4, 0.5) is 0 Å². The second kappa shape index (κ2) is 11.7. The summed E-state index contributed by atoms with van der Waals surface area (Å²) in [6.07, 6.45) is 11.4. The van der Waals surface area contributed by atoms with Crippen LogP contribution in [0, 0.1) is 0 Å². The number of hydrogen-bond donors (Lipinski definition) is 0. The molecule has 1 aromatic carbocycles. The summed E-state index contributed by atoms with van der Waals surface area (Å²) in [5.74, 6) is -0.239. The standard InChI is InChI=1S/C23H28O6/c1-4-6-8-10-15-26-19-14-12-13-18-20(19)29-23(25)22(28-17(3)24)21(18)27-16-11-9-7-5-2/h6-9,12-14H,4-5,10-11,15-16H2,1-3H3. The molecule has 0 unspecified atom stereocenters. The smallest absolute Gasteiger partial charge is 0.383 e. The first-order valence-electron chi connectivity index (χ1n) is 9.92. The molecular formula is C23H28O6. The van der Waals surface area contributed by atoms with Gasteiger partial charge in [0.25, 0.3) is 5.75 Å². The Hall–Kier alpha value is -3.02. The fraction of sp³-hybridized carbons (Fsp3) is 0.391. The van der Waals surface area contributed by atoms with Crippen LogP contribution in [-0.4, -0.2) is 19.2 Å². The van der Waals surface area contributed by atoms with Gasteiger partial charge in [0, 0.05) is 6.92 Å². The first-order valence-corrected chi connectivity index (χ1v) is 9.92. The van der Waals surface area contributed by atoms with Crippen molar-refractivity contribution in [3.05, 3.63) is 52.9 Å². The zero-order valence-corrected chi connectivity index (χ0v) is 17.2. The van der Waals surface area contributed by atoms with Gasteiger partial charge in [-0.3, -0.25) is 4.79 Å². The van der Waals surface area contributed by atoms with Crippen LogP contribution < -0.4 is 19.8 Å². The van der Waals surface area contributed by atoms with Crippen molar-refractivity contribution in [2.45, 2.75) is 46.5 Å². The van der Waals surface area contributed by atoms with Crippen molar-refractivity contribution in [1.29, 1.82) is 0 Å². The van der Waals surface area contributed by atoms with Crippen LogP contribution in [0.25, 0.3) is 11.0 Å². The van der Waals surface area contributed by atoms with E-state index in [0.29, 0.717) is 30.8 Å². The number of ether oxygens (including phenoxy) is 3. The maximum absolute atomic E-state index is 12.5. The molecule has 156 valence electrons. The molecule has 0 saturated carbocycles. The third kappa shape index (κ3) is 6.52. The lowest BCUT2D eigenvalue weighted by Gasteiger charge is -2.13. The molecule has 0 spiro atoms. The summed E-state index contributed by atoms with van der Waals surface area (Å²) >= 11 is 0. The summed E-state index contributed by atoms with van der Waals surface area (Å²) in [4.78, 5) is 24.0. The molecule has 0 aliphatic heterocycles. The topological polar surface area (TPSA) is 75.0 Å². The van der Waals surface area contributed by atoms with Gasteiger partial charge in [-0.2, -0.15) is 0 Å². The number of benzene rings is 1. The normalized spacial score (nSPS) is 11.4. The van der Waals surface area contributed by atoms with Crippen LogP contribution >= 0.6 is 0 Å². The Morgan fingerprint density at radius 3 is 2.24 bits per heavy atom. The van der Waals surface area contributed by atoms with Gasteiger partial charge in [0.15, 0.2) is 17.1 Å². The van der Waals surface area contributed by atoms with Gasteiger partial charge in [-0.1, -0.05) is 44.2 Å². The highest BCUT2D eigenvalue weighted by molar-refractivity contribution is 5.90. The van der Waals surface area contributed by atoms with E-state index < -0.39 is 11.6 Å². The van der Waals surface area contributed by atoms with E-state index in [1.807, 2.05) is 25.2 Å². The van der Waals surface area contributed by atoms with Gasteiger partial charge in [0.1, 0.15) is 0 Å². The van der Waals surface area contributed by atoms with Crippen LogP contribution in [0.2, 0.25) is 0 Å². The second-order valence-electron chi connectivity index (χ2n) is 6.31. The minimum Gasteiger partial charge on any atom is -0.489 e. The largest absolute Gasteiger partial charge is 0.489 e. The lowest BCUT2D eigenvalue weighted by molar-refractivity contribution is -0.132. The molecule has 0 aliphatic carbocycles. The Morgan fingerprint density at radius 2 is 1.62 bits per heavy atom. The van der Waals surface area contributed by atoms with Crippen molar-refractivity contribution in [3.8, 4) is 17.2 Å². The van der Waals surface area contributed by atoms with Gasteiger partial charge in [-0.25, -0.2) is 4.79 Å². The maximum Gasteiger partial charge on any atom is 0.383 e. The summed E-state index contributed by atoms with van der Waals surface area (Å²) in [5.41, 5.74) is -0.513. The van der Waals surface area contributed by atoms with Crippen LogP contribution in [0.15, 0.2) is 51.7 Å². The van der Waals surface area contributed by atoms with Crippen LogP contribution in [0.3, 0.4) is 0 Å². The highest BCUT2D eigenvalue weighted by Gasteiger charge is 2.21. The van der Waals surface area contributed by atoms with E-state index in [-0.39, 0.29) is 17.1 Å². The second-order valence-corrected chi connectivity index (χ2v) is 6.31. The summed E-state index contributed by atoms with van der Waals surface area (Å²) in [7, 11) is 0. The fourth-order valence-corrected chi connectivity index (χ4v) is 2.68. The van der Waals surface area contributed by atoms with E-state index in [1.165, 1.54) is 6.92 Å². The van der Waals surface area contributed by atoms with Gasteiger partial charge >= 0.3 is 11.6 Å². The number of carbonyl (C=O) groups excluding carboxylic acids is 1. The molecular weight excluding hydrogens is 372 g/mol. The molecule has 0 N–H and O–H groups in total. The Balaban J connectivity index is 2.38. The Labute approximate surface area is 170 Å². The molecule has 0 fully saturated rings. The highest BCUT2D eigenvalue weighted by Crippen LogP contribution is 2.37. The Morgan fingerprint density at radius 1 is 0.966 bits per heavy atom. The molecule has 6 nitrogen and oxygen atoms in total. The Bertz CT molecular complexity index is 923. The van der Waals surface area contributed by atoms with Gasteiger partial charge in [-0.15, -0.1) is 0 Å². The highest BCUT2D eigenvalue weighted by atomic mass is 16.6. The monoisotopic (exact) mass is 400 g/mol. The van der Waals surface area contributed by atoms with Gasteiger partial charge in [0.2, 0.25) is 0 Å². The lowest BCUT2D eigenvalue weighted by atomic mass is 10.2.